The molecule has 1 rings (SSSR count). The molecule has 0 saturated carbocycles. The maximum Gasteiger partial charge on any atom is 0.226 e. The summed E-state index contributed by atoms with van der Waals surface area (Å²) in [5, 5.41) is 3.14. The van der Waals surface area contributed by atoms with Gasteiger partial charge >= 0.3 is 0 Å². The molecule has 1 aromatic heterocycles. The highest BCUT2D eigenvalue weighted by Gasteiger charge is 2.04. The first-order chi connectivity index (χ1) is 8.11. The van der Waals surface area contributed by atoms with E-state index in [1.165, 1.54) is 0 Å². The van der Waals surface area contributed by atoms with E-state index < -0.39 is 0 Å². The molecule has 0 saturated heterocycles. The van der Waals surface area contributed by atoms with Crippen LogP contribution in [0.3, 0.4) is 0 Å². The van der Waals surface area contributed by atoms with E-state index in [2.05, 4.69) is 21.2 Å². The first-order valence-electron chi connectivity index (χ1n) is 5.81. The Hall–Kier alpha value is -1.76. The number of terminal acetylenes is 1. The van der Waals surface area contributed by atoms with Crippen molar-refractivity contribution in [2.24, 2.45) is 0 Å². The van der Waals surface area contributed by atoms with Gasteiger partial charge in [0.2, 0.25) is 11.8 Å². The zero-order valence-electron chi connectivity index (χ0n) is 10.7. The summed E-state index contributed by atoms with van der Waals surface area (Å²) in [6.45, 7) is 6.63. The monoisotopic (exact) mass is 233 g/mol. The molecule has 0 amide bonds. The van der Waals surface area contributed by atoms with Crippen LogP contribution in [0.2, 0.25) is 0 Å². The molecule has 1 N–H and O–H groups in total. The van der Waals surface area contributed by atoms with Gasteiger partial charge < -0.3 is 10.1 Å². The number of rotatable bonds is 6. The van der Waals surface area contributed by atoms with Crippen LogP contribution in [0.25, 0.3) is 0 Å². The summed E-state index contributed by atoms with van der Waals surface area (Å²) < 4.78 is 5.54. The second-order valence-electron chi connectivity index (χ2n) is 4.07. The van der Waals surface area contributed by atoms with E-state index in [9.17, 15) is 0 Å². The van der Waals surface area contributed by atoms with Gasteiger partial charge in [-0.05, 0) is 27.2 Å². The molecule has 0 aliphatic carbocycles. The highest BCUT2D eigenvalue weighted by atomic mass is 16.5. The maximum atomic E-state index is 5.54. The van der Waals surface area contributed by atoms with Crippen molar-refractivity contribution in [1.82, 2.24) is 9.97 Å². The highest BCUT2D eigenvalue weighted by Crippen LogP contribution is 2.13. The van der Waals surface area contributed by atoms with Crippen LogP contribution in [0, 0.1) is 19.3 Å². The first-order valence-corrected chi connectivity index (χ1v) is 5.81. The molecule has 0 fully saturated rings. The molecule has 4 nitrogen and oxygen atoms in total. The van der Waals surface area contributed by atoms with Crippen LogP contribution in [0.15, 0.2) is 6.07 Å². The molecule has 1 heterocycles. The molecule has 92 valence electrons. The zero-order valence-corrected chi connectivity index (χ0v) is 10.7. The lowest BCUT2D eigenvalue weighted by Crippen LogP contribution is -2.10. The number of unbranched alkanes of at least 4 members (excludes halogenated alkanes) is 1. The Kier molecular flexibility index (Phi) is 5.28. The summed E-state index contributed by atoms with van der Waals surface area (Å²) >= 11 is 0. The first kappa shape index (κ1) is 13.3. The molecule has 0 radical (unpaired) electrons. The third-order valence-electron chi connectivity index (χ3n) is 1.97. The number of anilines is 1. The van der Waals surface area contributed by atoms with E-state index >= 15 is 0 Å². The van der Waals surface area contributed by atoms with E-state index in [1.807, 2.05) is 26.8 Å². The minimum Gasteiger partial charge on any atom is -0.475 e. The van der Waals surface area contributed by atoms with Crippen molar-refractivity contribution in [2.75, 3.05) is 11.9 Å². The Labute approximate surface area is 103 Å². The summed E-state index contributed by atoms with van der Waals surface area (Å²) in [7, 11) is 0. The second-order valence-corrected chi connectivity index (χ2v) is 4.07. The number of nitrogens with zero attached hydrogens (tertiary/aromatic N) is 2. The average Bonchev–Trinajstić information content (AvgIpc) is 2.22. The van der Waals surface area contributed by atoms with Gasteiger partial charge in [0.1, 0.15) is 0 Å². The van der Waals surface area contributed by atoms with Crippen molar-refractivity contribution < 1.29 is 4.74 Å². The molecule has 0 atom stereocenters. The number of aromatic nitrogens is 2. The number of aryl methyl sites for hydroxylation is 1. The minimum absolute atomic E-state index is 0.110. The number of nitrogens with one attached hydrogen (secondary N) is 1. The fourth-order valence-electron chi connectivity index (χ4n) is 1.31. The van der Waals surface area contributed by atoms with Crippen LogP contribution in [0.4, 0.5) is 5.95 Å². The van der Waals surface area contributed by atoms with E-state index in [0.29, 0.717) is 11.8 Å². The Morgan fingerprint density at radius 3 is 2.88 bits per heavy atom. The maximum absolute atomic E-state index is 5.54. The van der Waals surface area contributed by atoms with Gasteiger partial charge in [0, 0.05) is 24.7 Å². The van der Waals surface area contributed by atoms with Gasteiger partial charge in [-0.3, -0.25) is 0 Å². The molecular formula is C13H19N3O. The van der Waals surface area contributed by atoms with Gasteiger partial charge in [0.05, 0.1) is 6.10 Å². The molecular weight excluding hydrogens is 214 g/mol. The lowest BCUT2D eigenvalue weighted by molar-refractivity contribution is 0.232. The van der Waals surface area contributed by atoms with Gasteiger partial charge in [0.15, 0.2) is 0 Å². The predicted octanol–water partition coefficient (Wildman–Crippen LogP) is 2.40. The Morgan fingerprint density at radius 2 is 2.24 bits per heavy atom. The van der Waals surface area contributed by atoms with E-state index in [1.54, 1.807) is 0 Å². The van der Waals surface area contributed by atoms with Crippen LogP contribution >= 0.6 is 0 Å². The van der Waals surface area contributed by atoms with E-state index in [-0.39, 0.29) is 6.10 Å². The van der Waals surface area contributed by atoms with Crippen LogP contribution < -0.4 is 10.1 Å². The van der Waals surface area contributed by atoms with Gasteiger partial charge in [-0.15, -0.1) is 12.3 Å². The molecule has 0 unspecified atom stereocenters. The summed E-state index contributed by atoms with van der Waals surface area (Å²) in [6.07, 6.45) is 6.96. The fraction of sp³-hybridized carbons (Fsp3) is 0.538. The number of hydrogen-bond donors (Lipinski definition) is 1. The quantitative estimate of drug-likeness (QED) is 0.605. The van der Waals surface area contributed by atoms with Crippen molar-refractivity contribution in [2.45, 2.75) is 39.7 Å². The van der Waals surface area contributed by atoms with Crippen LogP contribution in [0.5, 0.6) is 5.88 Å². The van der Waals surface area contributed by atoms with Crippen molar-refractivity contribution in [1.29, 1.82) is 0 Å². The molecule has 1 aromatic rings. The van der Waals surface area contributed by atoms with Crippen molar-refractivity contribution in [3.05, 3.63) is 11.8 Å². The van der Waals surface area contributed by atoms with Crippen molar-refractivity contribution in [3.8, 4) is 18.2 Å². The minimum atomic E-state index is 0.110. The number of ether oxygens (including phenoxy) is 1. The SMILES string of the molecule is C#CCCCNc1nc(C)cc(OC(C)C)n1. The molecule has 0 aliphatic heterocycles. The number of hydrogen-bond acceptors (Lipinski definition) is 4. The van der Waals surface area contributed by atoms with Gasteiger partial charge in [-0.25, -0.2) is 4.98 Å². The lowest BCUT2D eigenvalue weighted by atomic mass is 10.3. The largest absolute Gasteiger partial charge is 0.475 e. The standard InChI is InChI=1S/C13H19N3O/c1-5-6-7-8-14-13-15-11(4)9-12(16-13)17-10(2)3/h1,9-10H,6-8H2,2-4H3,(H,14,15,16). The molecule has 17 heavy (non-hydrogen) atoms. The normalized spacial score (nSPS) is 10.1. The van der Waals surface area contributed by atoms with E-state index in [4.69, 9.17) is 11.2 Å². The zero-order chi connectivity index (χ0) is 12.7. The molecule has 0 aromatic carbocycles. The summed E-state index contributed by atoms with van der Waals surface area (Å²) in [6, 6.07) is 1.83. The molecule has 0 aliphatic rings. The third-order valence-corrected chi connectivity index (χ3v) is 1.97. The summed E-state index contributed by atoms with van der Waals surface area (Å²) in [5.41, 5.74) is 0.884. The average molecular weight is 233 g/mol. The summed E-state index contributed by atoms with van der Waals surface area (Å²) in [4.78, 5) is 8.56. The van der Waals surface area contributed by atoms with Crippen LogP contribution in [-0.4, -0.2) is 22.6 Å². The van der Waals surface area contributed by atoms with Gasteiger partial charge in [-0.2, -0.15) is 4.98 Å². The van der Waals surface area contributed by atoms with E-state index in [0.717, 1.165) is 25.1 Å². The molecule has 0 spiro atoms. The predicted molar refractivity (Wildman–Crippen MR) is 69.1 cm³/mol. The van der Waals surface area contributed by atoms with Crippen LogP contribution in [0.1, 0.15) is 32.4 Å². The van der Waals surface area contributed by atoms with Crippen molar-refractivity contribution in [3.63, 3.8) is 0 Å². The highest BCUT2D eigenvalue weighted by molar-refractivity contribution is 5.30. The van der Waals surface area contributed by atoms with Gasteiger partial charge in [0.25, 0.3) is 0 Å². The summed E-state index contributed by atoms with van der Waals surface area (Å²) in [5.74, 6) is 3.80. The fourth-order valence-corrected chi connectivity index (χ4v) is 1.31. The Balaban J connectivity index is 2.59. The Bertz CT molecular complexity index is 396. The van der Waals surface area contributed by atoms with Crippen molar-refractivity contribution >= 4 is 5.95 Å². The molecule has 0 bridgehead atoms. The van der Waals surface area contributed by atoms with Gasteiger partial charge in [-0.1, -0.05) is 0 Å². The topological polar surface area (TPSA) is 47.0 Å². The lowest BCUT2D eigenvalue weighted by Gasteiger charge is -2.11. The molecule has 4 heteroatoms. The third kappa shape index (κ3) is 5.21. The Morgan fingerprint density at radius 1 is 1.47 bits per heavy atom. The van der Waals surface area contributed by atoms with Crippen LogP contribution in [-0.2, 0) is 0 Å². The smallest absolute Gasteiger partial charge is 0.226 e. The second kappa shape index (κ2) is 6.74.